The van der Waals surface area contributed by atoms with E-state index in [9.17, 15) is 5.11 Å². The van der Waals surface area contributed by atoms with Crippen LogP contribution in [-0.2, 0) is 0 Å². The first-order chi connectivity index (χ1) is 7.74. The fraction of sp³-hybridized carbons (Fsp3) is 0.636. The number of halogens is 1. The van der Waals surface area contributed by atoms with E-state index in [0.717, 1.165) is 30.2 Å². The monoisotopic (exact) mass is 285 g/mol. The molecule has 1 heterocycles. The van der Waals surface area contributed by atoms with Crippen molar-refractivity contribution in [2.45, 2.75) is 37.6 Å². The van der Waals surface area contributed by atoms with Gasteiger partial charge >= 0.3 is 0 Å². The Kier molecular flexibility index (Phi) is 3.76. The Bertz CT molecular complexity index is 336. The summed E-state index contributed by atoms with van der Waals surface area (Å²) in [5.41, 5.74) is -0.216. The second kappa shape index (κ2) is 5.10. The normalized spacial score (nSPS) is 19.4. The zero-order chi connectivity index (χ0) is 11.4. The molecular weight excluding hydrogens is 270 g/mol. The number of aliphatic hydroxyl groups excluding tert-OH is 1. The van der Waals surface area contributed by atoms with Gasteiger partial charge in [-0.15, -0.1) is 0 Å². The largest absolute Gasteiger partial charge is 0.394 e. The highest BCUT2D eigenvalue weighted by Crippen LogP contribution is 2.30. The maximum Gasteiger partial charge on any atom is 0.223 e. The summed E-state index contributed by atoms with van der Waals surface area (Å²) in [4.78, 5) is 8.37. The minimum atomic E-state index is -0.216. The van der Waals surface area contributed by atoms with E-state index in [1.165, 1.54) is 6.42 Å². The molecule has 1 fully saturated rings. The van der Waals surface area contributed by atoms with Crippen molar-refractivity contribution in [3.63, 3.8) is 0 Å². The van der Waals surface area contributed by atoms with Crippen molar-refractivity contribution in [1.29, 1.82) is 0 Å². The van der Waals surface area contributed by atoms with Crippen molar-refractivity contribution in [2.24, 2.45) is 0 Å². The maximum atomic E-state index is 9.53. The highest BCUT2D eigenvalue weighted by atomic mass is 79.9. The first-order valence-corrected chi connectivity index (χ1v) is 6.40. The van der Waals surface area contributed by atoms with E-state index in [2.05, 4.69) is 31.2 Å². The molecule has 0 bridgehead atoms. The van der Waals surface area contributed by atoms with Gasteiger partial charge in [0, 0.05) is 12.4 Å². The quantitative estimate of drug-likeness (QED) is 0.895. The van der Waals surface area contributed by atoms with Crippen LogP contribution in [0.25, 0.3) is 0 Å². The van der Waals surface area contributed by atoms with Crippen LogP contribution < -0.4 is 5.32 Å². The third-order valence-corrected chi connectivity index (χ3v) is 3.52. The fourth-order valence-corrected chi connectivity index (χ4v) is 2.37. The summed E-state index contributed by atoms with van der Waals surface area (Å²) in [5.74, 6) is 0.596. The topological polar surface area (TPSA) is 58.0 Å². The third-order valence-electron chi connectivity index (χ3n) is 3.11. The van der Waals surface area contributed by atoms with Gasteiger partial charge in [-0.05, 0) is 28.8 Å². The summed E-state index contributed by atoms with van der Waals surface area (Å²) in [5, 5.41) is 12.8. The van der Waals surface area contributed by atoms with E-state index in [0.29, 0.717) is 5.95 Å². The number of hydrogen-bond donors (Lipinski definition) is 2. The SMILES string of the molecule is OCC1(Nc2ncc(Br)cn2)CCCCC1. The molecular formula is C11H16BrN3O. The van der Waals surface area contributed by atoms with E-state index in [4.69, 9.17) is 0 Å². The average molecular weight is 286 g/mol. The zero-order valence-electron chi connectivity index (χ0n) is 9.12. The van der Waals surface area contributed by atoms with E-state index in [-0.39, 0.29) is 12.1 Å². The van der Waals surface area contributed by atoms with E-state index in [1.54, 1.807) is 12.4 Å². The summed E-state index contributed by atoms with van der Waals surface area (Å²) >= 11 is 3.30. The smallest absolute Gasteiger partial charge is 0.223 e. The zero-order valence-corrected chi connectivity index (χ0v) is 10.7. The number of aliphatic hydroxyl groups is 1. The Balaban J connectivity index is 2.08. The number of nitrogens with one attached hydrogen (secondary N) is 1. The van der Waals surface area contributed by atoms with Crippen LogP contribution in [0, 0.1) is 0 Å². The van der Waals surface area contributed by atoms with Crippen LogP contribution in [0.15, 0.2) is 16.9 Å². The van der Waals surface area contributed by atoms with E-state index >= 15 is 0 Å². The molecule has 0 spiro atoms. The molecule has 88 valence electrons. The van der Waals surface area contributed by atoms with Crippen LogP contribution in [0.1, 0.15) is 32.1 Å². The highest BCUT2D eigenvalue weighted by molar-refractivity contribution is 9.10. The van der Waals surface area contributed by atoms with Gasteiger partial charge in [-0.2, -0.15) is 0 Å². The summed E-state index contributed by atoms with van der Waals surface area (Å²) < 4.78 is 0.861. The third kappa shape index (κ3) is 2.71. The van der Waals surface area contributed by atoms with Crippen molar-refractivity contribution in [1.82, 2.24) is 9.97 Å². The maximum absolute atomic E-state index is 9.53. The van der Waals surface area contributed by atoms with Gasteiger partial charge in [0.05, 0.1) is 16.6 Å². The molecule has 0 aromatic carbocycles. The van der Waals surface area contributed by atoms with Crippen molar-refractivity contribution < 1.29 is 5.11 Å². The lowest BCUT2D eigenvalue weighted by molar-refractivity contribution is 0.172. The summed E-state index contributed by atoms with van der Waals surface area (Å²) in [7, 11) is 0. The standard InChI is InChI=1S/C11H16BrN3O/c12-9-6-13-10(14-7-9)15-11(8-16)4-2-1-3-5-11/h6-7,16H,1-5,8H2,(H,13,14,15). The first kappa shape index (κ1) is 11.8. The lowest BCUT2D eigenvalue weighted by atomic mass is 9.82. The van der Waals surface area contributed by atoms with Crippen LogP contribution in [0.4, 0.5) is 5.95 Å². The molecule has 0 atom stereocenters. The molecule has 0 saturated heterocycles. The molecule has 1 aromatic rings. The van der Waals surface area contributed by atoms with Crippen LogP contribution in [0.2, 0.25) is 0 Å². The molecule has 1 aliphatic carbocycles. The Morgan fingerprint density at radius 3 is 2.44 bits per heavy atom. The van der Waals surface area contributed by atoms with Gasteiger partial charge in [0.25, 0.3) is 0 Å². The van der Waals surface area contributed by atoms with Gasteiger partial charge in [-0.25, -0.2) is 9.97 Å². The van der Waals surface area contributed by atoms with Gasteiger partial charge in [-0.3, -0.25) is 0 Å². The van der Waals surface area contributed by atoms with Gasteiger partial charge < -0.3 is 10.4 Å². The number of rotatable bonds is 3. The molecule has 4 nitrogen and oxygen atoms in total. The number of aromatic nitrogens is 2. The van der Waals surface area contributed by atoms with E-state index < -0.39 is 0 Å². The van der Waals surface area contributed by atoms with Gasteiger partial charge in [0.2, 0.25) is 5.95 Å². The van der Waals surface area contributed by atoms with Crippen LogP contribution in [-0.4, -0.2) is 27.2 Å². The molecule has 1 aliphatic rings. The Labute approximate surface area is 104 Å². The minimum Gasteiger partial charge on any atom is -0.394 e. The van der Waals surface area contributed by atoms with Crippen molar-refractivity contribution in [3.8, 4) is 0 Å². The molecule has 5 heteroatoms. The van der Waals surface area contributed by atoms with E-state index in [1.807, 2.05) is 0 Å². The Hall–Kier alpha value is -0.680. The minimum absolute atomic E-state index is 0.145. The highest BCUT2D eigenvalue weighted by Gasteiger charge is 2.31. The lowest BCUT2D eigenvalue weighted by Gasteiger charge is -2.36. The number of nitrogens with zero attached hydrogens (tertiary/aromatic N) is 2. The van der Waals surface area contributed by atoms with Gasteiger partial charge in [0.1, 0.15) is 0 Å². The summed E-state index contributed by atoms with van der Waals surface area (Å²) in [6, 6.07) is 0. The second-order valence-corrected chi connectivity index (χ2v) is 5.26. The summed E-state index contributed by atoms with van der Waals surface area (Å²) in [6.07, 6.45) is 8.97. The molecule has 2 rings (SSSR count). The van der Waals surface area contributed by atoms with Crippen LogP contribution in [0.3, 0.4) is 0 Å². The van der Waals surface area contributed by atoms with Gasteiger partial charge in [-0.1, -0.05) is 19.3 Å². The first-order valence-electron chi connectivity index (χ1n) is 5.61. The molecule has 0 unspecified atom stereocenters. The van der Waals surface area contributed by atoms with Gasteiger partial charge in [0.15, 0.2) is 0 Å². The molecule has 0 aliphatic heterocycles. The van der Waals surface area contributed by atoms with Crippen molar-refractivity contribution in [2.75, 3.05) is 11.9 Å². The number of hydrogen-bond acceptors (Lipinski definition) is 4. The van der Waals surface area contributed by atoms with Crippen molar-refractivity contribution >= 4 is 21.9 Å². The second-order valence-electron chi connectivity index (χ2n) is 4.35. The fourth-order valence-electron chi connectivity index (χ4n) is 2.17. The summed E-state index contributed by atoms with van der Waals surface area (Å²) in [6.45, 7) is 0.145. The van der Waals surface area contributed by atoms with Crippen LogP contribution >= 0.6 is 15.9 Å². The predicted molar refractivity (Wildman–Crippen MR) is 66.3 cm³/mol. The predicted octanol–water partition coefficient (Wildman–Crippen LogP) is 2.35. The average Bonchev–Trinajstić information content (AvgIpc) is 2.33. The Morgan fingerprint density at radius 2 is 1.88 bits per heavy atom. The van der Waals surface area contributed by atoms with Crippen molar-refractivity contribution in [3.05, 3.63) is 16.9 Å². The molecule has 1 saturated carbocycles. The Morgan fingerprint density at radius 1 is 1.25 bits per heavy atom. The van der Waals surface area contributed by atoms with Crippen LogP contribution in [0.5, 0.6) is 0 Å². The lowest BCUT2D eigenvalue weighted by Crippen LogP contribution is -2.44. The number of anilines is 1. The molecule has 2 N–H and O–H groups in total. The molecule has 16 heavy (non-hydrogen) atoms. The molecule has 1 aromatic heterocycles. The molecule has 0 radical (unpaired) electrons. The molecule has 0 amide bonds.